The molecule has 0 aliphatic rings. The lowest BCUT2D eigenvalue weighted by molar-refractivity contribution is -0.133. The van der Waals surface area contributed by atoms with Crippen LogP contribution in [-0.2, 0) is 20.3 Å². The zero-order chi connectivity index (χ0) is 13.8. The molecule has 18 heavy (non-hydrogen) atoms. The lowest BCUT2D eigenvalue weighted by atomic mass is 9.97. The first kappa shape index (κ1) is 15.1. The average Bonchev–Trinajstić information content (AvgIpc) is 2.24. The molecule has 0 aliphatic carbocycles. The Balaban J connectivity index is 2.57. The van der Waals surface area contributed by atoms with E-state index in [2.05, 4.69) is 4.52 Å². The number of hydrogen-bond acceptors (Lipinski definition) is 3. The van der Waals surface area contributed by atoms with Crippen molar-refractivity contribution in [1.82, 2.24) is 0 Å². The van der Waals surface area contributed by atoms with Gasteiger partial charge in [0, 0.05) is 6.42 Å². The normalized spacial score (nSPS) is 12.4. The monoisotopic (exact) mass is 272 g/mol. The molecule has 0 aromatic heterocycles. The van der Waals surface area contributed by atoms with Gasteiger partial charge in [-0.05, 0) is 25.8 Å². The summed E-state index contributed by atoms with van der Waals surface area (Å²) < 4.78 is 15.2. The second-order valence-electron chi connectivity index (χ2n) is 4.50. The highest BCUT2D eigenvalue weighted by Crippen LogP contribution is 2.41. The van der Waals surface area contributed by atoms with Gasteiger partial charge < -0.3 is 9.79 Å². The molecule has 2 N–H and O–H groups in total. The van der Waals surface area contributed by atoms with Crippen molar-refractivity contribution in [3.63, 3.8) is 0 Å². The maximum atomic E-state index is 11.8. The van der Waals surface area contributed by atoms with Gasteiger partial charge in [0.1, 0.15) is 5.60 Å². The first-order chi connectivity index (χ1) is 8.21. The van der Waals surface area contributed by atoms with E-state index in [4.69, 9.17) is 9.79 Å². The molecule has 0 saturated heterocycles. The SMILES string of the molecule is CC(C)(OP(=O)(O)O)C(=O)CCc1ccccc1. The van der Waals surface area contributed by atoms with E-state index in [1.165, 1.54) is 13.8 Å². The summed E-state index contributed by atoms with van der Waals surface area (Å²) in [5, 5.41) is 0. The number of aryl methyl sites for hydroxylation is 1. The van der Waals surface area contributed by atoms with Crippen LogP contribution in [0.1, 0.15) is 25.8 Å². The highest BCUT2D eigenvalue weighted by atomic mass is 31.2. The summed E-state index contributed by atoms with van der Waals surface area (Å²) >= 11 is 0. The number of hydrogen-bond donors (Lipinski definition) is 2. The van der Waals surface area contributed by atoms with Crippen LogP contribution in [0.2, 0.25) is 0 Å². The van der Waals surface area contributed by atoms with E-state index in [0.29, 0.717) is 6.42 Å². The fourth-order valence-corrected chi connectivity index (χ4v) is 2.25. The summed E-state index contributed by atoms with van der Waals surface area (Å²) in [6, 6.07) is 9.41. The minimum Gasteiger partial charge on any atom is -0.303 e. The predicted octanol–water partition coefficient (Wildman–Crippen LogP) is 2.08. The highest BCUT2D eigenvalue weighted by Gasteiger charge is 2.35. The molecule has 5 nitrogen and oxygen atoms in total. The van der Waals surface area contributed by atoms with Gasteiger partial charge in [0.25, 0.3) is 0 Å². The number of carbonyl (C=O) groups is 1. The largest absolute Gasteiger partial charge is 0.470 e. The van der Waals surface area contributed by atoms with Crippen molar-refractivity contribution in [1.29, 1.82) is 0 Å². The van der Waals surface area contributed by atoms with Crippen molar-refractivity contribution in [2.45, 2.75) is 32.3 Å². The highest BCUT2D eigenvalue weighted by molar-refractivity contribution is 7.46. The van der Waals surface area contributed by atoms with Crippen LogP contribution in [0.4, 0.5) is 0 Å². The number of phosphoric ester groups is 1. The second-order valence-corrected chi connectivity index (χ2v) is 5.66. The summed E-state index contributed by atoms with van der Waals surface area (Å²) in [6.45, 7) is 2.72. The van der Waals surface area contributed by atoms with Crippen LogP contribution >= 0.6 is 7.82 Å². The van der Waals surface area contributed by atoms with E-state index in [-0.39, 0.29) is 12.2 Å². The topological polar surface area (TPSA) is 83.8 Å². The van der Waals surface area contributed by atoms with Gasteiger partial charge in [-0.15, -0.1) is 0 Å². The van der Waals surface area contributed by atoms with E-state index in [1.54, 1.807) is 0 Å². The van der Waals surface area contributed by atoms with Crippen LogP contribution in [0.5, 0.6) is 0 Å². The minimum absolute atomic E-state index is 0.178. The Morgan fingerprint density at radius 1 is 1.28 bits per heavy atom. The van der Waals surface area contributed by atoms with Gasteiger partial charge >= 0.3 is 7.82 Å². The molecule has 6 heteroatoms. The van der Waals surface area contributed by atoms with E-state index in [9.17, 15) is 9.36 Å². The molecule has 0 radical (unpaired) electrons. The van der Waals surface area contributed by atoms with Crippen molar-refractivity contribution >= 4 is 13.6 Å². The molecule has 0 amide bonds. The summed E-state index contributed by atoms with van der Waals surface area (Å²) in [7, 11) is -4.66. The molecular formula is C12H17O5P. The molecule has 100 valence electrons. The van der Waals surface area contributed by atoms with Gasteiger partial charge in [-0.1, -0.05) is 30.3 Å². The number of phosphoric acid groups is 1. The Hall–Kier alpha value is -1.00. The maximum absolute atomic E-state index is 11.8. The van der Waals surface area contributed by atoms with Gasteiger partial charge in [-0.25, -0.2) is 4.57 Å². The van der Waals surface area contributed by atoms with E-state index in [1.807, 2.05) is 30.3 Å². The Morgan fingerprint density at radius 3 is 2.33 bits per heavy atom. The van der Waals surface area contributed by atoms with Crippen LogP contribution in [-0.4, -0.2) is 21.2 Å². The molecule has 0 heterocycles. The first-order valence-corrected chi connectivity index (χ1v) is 7.07. The zero-order valence-corrected chi connectivity index (χ0v) is 11.3. The number of carbonyl (C=O) groups excluding carboxylic acids is 1. The Kier molecular flexibility index (Phi) is 4.82. The molecule has 1 aromatic carbocycles. The van der Waals surface area contributed by atoms with Crippen molar-refractivity contribution in [3.05, 3.63) is 35.9 Å². The molecule has 1 rings (SSSR count). The molecule has 0 saturated carbocycles. The summed E-state index contributed by atoms with van der Waals surface area (Å²) in [6.07, 6.45) is 0.699. The average molecular weight is 272 g/mol. The van der Waals surface area contributed by atoms with Crippen LogP contribution in [0.25, 0.3) is 0 Å². The number of benzene rings is 1. The molecule has 0 fully saturated rings. The molecule has 0 aliphatic heterocycles. The van der Waals surface area contributed by atoms with Crippen molar-refractivity contribution in [2.75, 3.05) is 0 Å². The fraction of sp³-hybridized carbons (Fsp3) is 0.417. The van der Waals surface area contributed by atoms with Crippen LogP contribution in [0, 0.1) is 0 Å². The third-order valence-corrected chi connectivity index (χ3v) is 3.20. The van der Waals surface area contributed by atoms with Crippen LogP contribution in [0.15, 0.2) is 30.3 Å². The van der Waals surface area contributed by atoms with E-state index < -0.39 is 13.4 Å². The molecule has 0 atom stereocenters. The van der Waals surface area contributed by atoms with Gasteiger partial charge in [0.05, 0.1) is 0 Å². The number of ketones is 1. The third-order valence-electron chi connectivity index (χ3n) is 2.50. The quantitative estimate of drug-likeness (QED) is 0.774. The van der Waals surface area contributed by atoms with Crippen molar-refractivity contribution < 1.29 is 23.7 Å². The third kappa shape index (κ3) is 5.10. The lowest BCUT2D eigenvalue weighted by Crippen LogP contribution is -2.34. The summed E-state index contributed by atoms with van der Waals surface area (Å²) in [5.74, 6) is -0.338. The van der Waals surface area contributed by atoms with E-state index in [0.717, 1.165) is 5.56 Å². The first-order valence-electron chi connectivity index (χ1n) is 5.54. The Labute approximate surface area is 106 Å². The van der Waals surface area contributed by atoms with Crippen LogP contribution < -0.4 is 0 Å². The Morgan fingerprint density at radius 2 is 1.83 bits per heavy atom. The zero-order valence-electron chi connectivity index (χ0n) is 10.4. The van der Waals surface area contributed by atoms with Crippen LogP contribution in [0.3, 0.4) is 0 Å². The van der Waals surface area contributed by atoms with Crippen molar-refractivity contribution in [3.8, 4) is 0 Å². The summed E-state index contributed by atoms with van der Waals surface area (Å²) in [5.41, 5.74) is -0.480. The van der Waals surface area contributed by atoms with Gasteiger partial charge in [-0.3, -0.25) is 9.32 Å². The maximum Gasteiger partial charge on any atom is 0.470 e. The molecule has 1 aromatic rings. The molecule has 0 spiro atoms. The predicted molar refractivity (Wildman–Crippen MR) is 67.0 cm³/mol. The van der Waals surface area contributed by atoms with E-state index >= 15 is 0 Å². The fourth-order valence-electron chi connectivity index (χ4n) is 1.55. The van der Waals surface area contributed by atoms with Gasteiger partial charge in [0.2, 0.25) is 0 Å². The summed E-state index contributed by atoms with van der Waals surface area (Å²) in [4.78, 5) is 29.3. The smallest absolute Gasteiger partial charge is 0.303 e. The van der Waals surface area contributed by atoms with Crippen molar-refractivity contribution in [2.24, 2.45) is 0 Å². The standard InChI is InChI=1S/C12H17O5P/c1-12(2,17-18(14,15)16)11(13)9-8-10-6-4-3-5-7-10/h3-7H,8-9H2,1-2H3,(H2,14,15,16). The molecule has 0 bridgehead atoms. The molecule has 0 unspecified atom stereocenters. The second kappa shape index (κ2) is 5.76. The number of rotatable bonds is 6. The lowest BCUT2D eigenvalue weighted by Gasteiger charge is -2.23. The van der Waals surface area contributed by atoms with Gasteiger partial charge in [0.15, 0.2) is 5.78 Å². The van der Waals surface area contributed by atoms with Gasteiger partial charge in [-0.2, -0.15) is 0 Å². The Bertz CT molecular complexity index is 449. The number of Topliss-reactive ketones (excluding diaryl/α,β-unsaturated/α-hetero) is 1. The molecular weight excluding hydrogens is 255 g/mol. The minimum atomic E-state index is -4.66.